The summed E-state index contributed by atoms with van der Waals surface area (Å²) in [4.78, 5) is 17.9. The molecule has 1 amide bonds. The molecule has 2 aromatic rings. The van der Waals surface area contributed by atoms with E-state index >= 15 is 0 Å². The summed E-state index contributed by atoms with van der Waals surface area (Å²) in [7, 11) is 1.79. The standard InChI is InChI=1S/C17H23N3O3/c1-13-7-4-5-8-15(13)22-12-11-20(3)17(21)10-6-9-16-18-14(2)19-23-16/h4-5,7-8H,6,9-12H2,1-3H3. The molecule has 1 aromatic heterocycles. The number of aromatic nitrogens is 2. The maximum Gasteiger partial charge on any atom is 0.226 e. The lowest BCUT2D eigenvalue weighted by Gasteiger charge is -2.17. The van der Waals surface area contributed by atoms with E-state index in [1.54, 1.807) is 18.9 Å². The van der Waals surface area contributed by atoms with E-state index in [2.05, 4.69) is 10.1 Å². The number of hydrogen-bond donors (Lipinski definition) is 0. The molecule has 0 fully saturated rings. The first-order chi connectivity index (χ1) is 11.1. The minimum Gasteiger partial charge on any atom is -0.491 e. The van der Waals surface area contributed by atoms with Gasteiger partial charge in [-0.15, -0.1) is 0 Å². The Bertz CT molecular complexity index is 640. The van der Waals surface area contributed by atoms with Crippen LogP contribution in [0.3, 0.4) is 0 Å². The number of aryl methyl sites for hydroxylation is 3. The Morgan fingerprint density at radius 2 is 2.09 bits per heavy atom. The van der Waals surface area contributed by atoms with E-state index in [-0.39, 0.29) is 5.91 Å². The Balaban J connectivity index is 1.65. The molecule has 0 aliphatic heterocycles. The molecule has 0 saturated carbocycles. The number of carbonyl (C=O) groups is 1. The molecule has 0 bridgehead atoms. The van der Waals surface area contributed by atoms with Crippen LogP contribution in [0.4, 0.5) is 0 Å². The van der Waals surface area contributed by atoms with Gasteiger partial charge in [0.25, 0.3) is 0 Å². The molecule has 0 spiro atoms. The Morgan fingerprint density at radius 1 is 1.30 bits per heavy atom. The minimum atomic E-state index is 0.0922. The molecule has 0 N–H and O–H groups in total. The van der Waals surface area contributed by atoms with Gasteiger partial charge < -0.3 is 14.2 Å². The van der Waals surface area contributed by atoms with Crippen LogP contribution in [0.1, 0.15) is 30.1 Å². The molecule has 0 aliphatic rings. The number of hydrogen-bond acceptors (Lipinski definition) is 5. The van der Waals surface area contributed by atoms with Crippen LogP contribution in [-0.2, 0) is 11.2 Å². The number of carbonyl (C=O) groups excluding carboxylic acids is 1. The average molecular weight is 317 g/mol. The second-order valence-electron chi connectivity index (χ2n) is 5.52. The van der Waals surface area contributed by atoms with E-state index in [9.17, 15) is 4.79 Å². The number of likely N-dealkylation sites (N-methyl/N-ethyl adjacent to an activating group) is 1. The maximum atomic E-state index is 12.1. The Labute approximate surface area is 136 Å². The van der Waals surface area contributed by atoms with Crippen LogP contribution in [0.25, 0.3) is 0 Å². The summed E-state index contributed by atoms with van der Waals surface area (Å²) in [5.41, 5.74) is 1.09. The summed E-state index contributed by atoms with van der Waals surface area (Å²) < 4.78 is 10.7. The summed E-state index contributed by atoms with van der Waals surface area (Å²) in [5, 5.41) is 3.73. The highest BCUT2D eigenvalue weighted by Crippen LogP contribution is 2.15. The van der Waals surface area contributed by atoms with Gasteiger partial charge in [-0.05, 0) is 31.9 Å². The predicted molar refractivity (Wildman–Crippen MR) is 86.3 cm³/mol. The zero-order valence-electron chi connectivity index (χ0n) is 13.9. The molecule has 6 nitrogen and oxygen atoms in total. The van der Waals surface area contributed by atoms with Crippen LogP contribution in [0.5, 0.6) is 5.75 Å². The first-order valence-electron chi connectivity index (χ1n) is 7.78. The third kappa shape index (κ3) is 5.39. The number of amides is 1. The highest BCUT2D eigenvalue weighted by atomic mass is 16.5. The number of benzene rings is 1. The molecule has 1 heterocycles. The molecule has 0 radical (unpaired) electrons. The maximum absolute atomic E-state index is 12.1. The van der Waals surface area contributed by atoms with Gasteiger partial charge >= 0.3 is 0 Å². The van der Waals surface area contributed by atoms with Crippen molar-refractivity contribution in [3.63, 3.8) is 0 Å². The number of para-hydroxylation sites is 1. The van der Waals surface area contributed by atoms with E-state index in [0.717, 1.165) is 11.3 Å². The third-order valence-corrected chi connectivity index (χ3v) is 3.55. The van der Waals surface area contributed by atoms with Crippen LogP contribution in [0.15, 0.2) is 28.8 Å². The van der Waals surface area contributed by atoms with E-state index in [4.69, 9.17) is 9.26 Å². The van der Waals surface area contributed by atoms with Crippen molar-refractivity contribution >= 4 is 5.91 Å². The highest BCUT2D eigenvalue weighted by molar-refractivity contribution is 5.75. The van der Waals surface area contributed by atoms with Gasteiger partial charge in [-0.2, -0.15) is 4.98 Å². The van der Waals surface area contributed by atoms with E-state index in [0.29, 0.717) is 44.1 Å². The molecule has 0 unspecified atom stereocenters. The Hall–Kier alpha value is -2.37. The fourth-order valence-corrected chi connectivity index (χ4v) is 2.16. The monoisotopic (exact) mass is 317 g/mol. The lowest BCUT2D eigenvalue weighted by atomic mass is 10.2. The second kappa shape index (κ2) is 8.31. The zero-order chi connectivity index (χ0) is 16.7. The fraction of sp³-hybridized carbons (Fsp3) is 0.471. The summed E-state index contributed by atoms with van der Waals surface area (Å²) in [6.07, 6.45) is 1.78. The molecular weight excluding hydrogens is 294 g/mol. The van der Waals surface area contributed by atoms with Gasteiger partial charge in [0.2, 0.25) is 11.8 Å². The minimum absolute atomic E-state index is 0.0922. The molecule has 0 aliphatic carbocycles. The SMILES string of the molecule is Cc1noc(CCCC(=O)N(C)CCOc2ccccc2C)n1. The molecular formula is C17H23N3O3. The van der Waals surface area contributed by atoms with Gasteiger partial charge in [0.1, 0.15) is 12.4 Å². The van der Waals surface area contributed by atoms with E-state index in [1.807, 2.05) is 31.2 Å². The van der Waals surface area contributed by atoms with Gasteiger partial charge in [-0.25, -0.2) is 0 Å². The van der Waals surface area contributed by atoms with Gasteiger partial charge in [-0.3, -0.25) is 4.79 Å². The second-order valence-corrected chi connectivity index (χ2v) is 5.52. The lowest BCUT2D eigenvalue weighted by Crippen LogP contribution is -2.30. The van der Waals surface area contributed by atoms with Crippen molar-refractivity contribution in [2.75, 3.05) is 20.2 Å². The van der Waals surface area contributed by atoms with Crippen molar-refractivity contribution in [2.45, 2.75) is 33.1 Å². The van der Waals surface area contributed by atoms with Crippen LogP contribution in [0, 0.1) is 13.8 Å². The van der Waals surface area contributed by atoms with Crippen LogP contribution in [0.2, 0.25) is 0 Å². The van der Waals surface area contributed by atoms with Crippen molar-refractivity contribution in [3.8, 4) is 5.75 Å². The van der Waals surface area contributed by atoms with Gasteiger partial charge in [0.05, 0.1) is 6.54 Å². The van der Waals surface area contributed by atoms with Crippen molar-refractivity contribution in [1.82, 2.24) is 15.0 Å². The largest absolute Gasteiger partial charge is 0.491 e. The van der Waals surface area contributed by atoms with Crippen LogP contribution < -0.4 is 4.74 Å². The molecule has 6 heteroatoms. The smallest absolute Gasteiger partial charge is 0.226 e. The molecule has 0 saturated heterocycles. The Morgan fingerprint density at radius 3 is 2.78 bits per heavy atom. The first kappa shape index (κ1) is 17.0. The molecule has 124 valence electrons. The van der Waals surface area contributed by atoms with Crippen LogP contribution >= 0.6 is 0 Å². The molecule has 23 heavy (non-hydrogen) atoms. The molecule has 0 atom stereocenters. The number of rotatable bonds is 8. The normalized spacial score (nSPS) is 10.6. The first-order valence-corrected chi connectivity index (χ1v) is 7.78. The average Bonchev–Trinajstić information content (AvgIpc) is 2.94. The van der Waals surface area contributed by atoms with Gasteiger partial charge in [-0.1, -0.05) is 23.4 Å². The van der Waals surface area contributed by atoms with E-state index < -0.39 is 0 Å². The van der Waals surface area contributed by atoms with Gasteiger partial charge in [0.15, 0.2) is 5.82 Å². The zero-order valence-corrected chi connectivity index (χ0v) is 13.9. The molecule has 2 rings (SSSR count). The summed E-state index contributed by atoms with van der Waals surface area (Å²) in [5.74, 6) is 2.16. The predicted octanol–water partition coefficient (Wildman–Crippen LogP) is 2.55. The van der Waals surface area contributed by atoms with E-state index in [1.165, 1.54) is 0 Å². The summed E-state index contributed by atoms with van der Waals surface area (Å²) in [6, 6.07) is 7.85. The van der Waals surface area contributed by atoms with Crippen molar-refractivity contribution in [2.24, 2.45) is 0 Å². The topological polar surface area (TPSA) is 68.5 Å². The van der Waals surface area contributed by atoms with Gasteiger partial charge in [0, 0.05) is 19.9 Å². The van der Waals surface area contributed by atoms with Crippen LogP contribution in [-0.4, -0.2) is 41.1 Å². The third-order valence-electron chi connectivity index (χ3n) is 3.55. The fourth-order valence-electron chi connectivity index (χ4n) is 2.16. The summed E-state index contributed by atoms with van der Waals surface area (Å²) >= 11 is 0. The quantitative estimate of drug-likeness (QED) is 0.748. The Kier molecular flexibility index (Phi) is 6.14. The summed E-state index contributed by atoms with van der Waals surface area (Å²) in [6.45, 7) is 4.83. The molecule has 1 aromatic carbocycles. The van der Waals surface area contributed by atoms with Crippen molar-refractivity contribution in [3.05, 3.63) is 41.5 Å². The van der Waals surface area contributed by atoms with Crippen molar-refractivity contribution in [1.29, 1.82) is 0 Å². The lowest BCUT2D eigenvalue weighted by molar-refractivity contribution is -0.130. The number of ether oxygens (including phenoxy) is 1. The highest BCUT2D eigenvalue weighted by Gasteiger charge is 2.10. The van der Waals surface area contributed by atoms with Crippen molar-refractivity contribution < 1.29 is 14.1 Å². The number of nitrogens with zero attached hydrogens (tertiary/aromatic N) is 3.